The van der Waals surface area contributed by atoms with Crippen molar-refractivity contribution in [1.29, 1.82) is 0 Å². The zero-order valence-corrected chi connectivity index (χ0v) is 12.5. The van der Waals surface area contributed by atoms with E-state index in [1.807, 2.05) is 7.11 Å². The molecule has 0 aromatic rings. The molecule has 1 heterocycles. The molecule has 1 rings (SSSR count). The molecular formula is C15H32N2O. The van der Waals surface area contributed by atoms with Crippen LogP contribution in [0.4, 0.5) is 0 Å². The van der Waals surface area contributed by atoms with Crippen LogP contribution in [0.3, 0.4) is 0 Å². The monoisotopic (exact) mass is 256 g/mol. The molecule has 0 bridgehead atoms. The number of likely N-dealkylation sites (tertiary alicyclic amines) is 1. The minimum atomic E-state index is 0.453. The van der Waals surface area contributed by atoms with E-state index in [1.54, 1.807) is 0 Å². The second-order valence-electron chi connectivity index (χ2n) is 5.71. The van der Waals surface area contributed by atoms with Crippen LogP contribution in [0, 0.1) is 0 Å². The maximum absolute atomic E-state index is 5.97. The van der Waals surface area contributed by atoms with Gasteiger partial charge in [0.25, 0.3) is 0 Å². The van der Waals surface area contributed by atoms with E-state index in [1.165, 1.54) is 32.1 Å². The molecule has 0 spiro atoms. The highest BCUT2D eigenvalue weighted by Gasteiger charge is 2.29. The predicted octanol–water partition coefficient (Wildman–Crippen LogP) is 2.78. The zero-order valence-electron chi connectivity index (χ0n) is 12.5. The number of rotatable bonds is 8. The highest BCUT2D eigenvalue weighted by atomic mass is 16.5. The normalized spacial score (nSPS) is 27.3. The number of nitrogens with zero attached hydrogens (tertiary/aromatic N) is 1. The molecule has 3 atom stereocenters. The summed E-state index contributed by atoms with van der Waals surface area (Å²) in [5, 5.41) is 0. The van der Waals surface area contributed by atoms with Crippen LogP contribution >= 0.6 is 0 Å². The summed E-state index contributed by atoms with van der Waals surface area (Å²) in [7, 11) is 1.83. The molecule has 3 nitrogen and oxygen atoms in total. The van der Waals surface area contributed by atoms with Gasteiger partial charge in [0.05, 0.1) is 6.10 Å². The van der Waals surface area contributed by atoms with Gasteiger partial charge in [0.2, 0.25) is 0 Å². The maximum Gasteiger partial charge on any atom is 0.0598 e. The van der Waals surface area contributed by atoms with E-state index >= 15 is 0 Å². The summed E-state index contributed by atoms with van der Waals surface area (Å²) in [6.07, 6.45) is 9.38. The van der Waals surface area contributed by atoms with Crippen molar-refractivity contribution >= 4 is 0 Å². The first-order valence-electron chi connectivity index (χ1n) is 7.71. The summed E-state index contributed by atoms with van der Waals surface area (Å²) < 4.78 is 5.48. The van der Waals surface area contributed by atoms with Crippen molar-refractivity contribution < 1.29 is 4.74 Å². The summed E-state index contributed by atoms with van der Waals surface area (Å²) in [6.45, 7) is 6.53. The Morgan fingerprint density at radius 3 is 2.67 bits per heavy atom. The predicted molar refractivity (Wildman–Crippen MR) is 77.8 cm³/mol. The van der Waals surface area contributed by atoms with Crippen LogP contribution in [-0.4, -0.2) is 43.3 Å². The first-order chi connectivity index (χ1) is 8.72. The molecule has 1 saturated heterocycles. The average molecular weight is 256 g/mol. The molecule has 2 N–H and O–H groups in total. The van der Waals surface area contributed by atoms with Gasteiger partial charge in [0, 0.05) is 32.3 Å². The average Bonchev–Trinajstić information content (AvgIpc) is 2.39. The van der Waals surface area contributed by atoms with Crippen molar-refractivity contribution in [2.24, 2.45) is 5.73 Å². The van der Waals surface area contributed by atoms with E-state index in [0.29, 0.717) is 18.2 Å². The summed E-state index contributed by atoms with van der Waals surface area (Å²) in [5.74, 6) is 0. The van der Waals surface area contributed by atoms with E-state index in [2.05, 4.69) is 18.7 Å². The van der Waals surface area contributed by atoms with Gasteiger partial charge in [-0.2, -0.15) is 0 Å². The molecule has 0 aromatic carbocycles. The van der Waals surface area contributed by atoms with E-state index < -0.39 is 0 Å². The first kappa shape index (κ1) is 15.9. The van der Waals surface area contributed by atoms with Crippen LogP contribution in [0.5, 0.6) is 0 Å². The van der Waals surface area contributed by atoms with Crippen molar-refractivity contribution in [1.82, 2.24) is 4.90 Å². The molecule has 3 heteroatoms. The Balaban J connectivity index is 2.35. The van der Waals surface area contributed by atoms with Gasteiger partial charge in [-0.1, -0.05) is 32.6 Å². The molecule has 1 aliphatic heterocycles. The van der Waals surface area contributed by atoms with Crippen molar-refractivity contribution in [2.45, 2.75) is 77.0 Å². The molecule has 0 aromatic heterocycles. The lowest BCUT2D eigenvalue weighted by molar-refractivity contribution is -0.00167. The minimum absolute atomic E-state index is 0.453. The molecule has 1 aliphatic rings. The van der Waals surface area contributed by atoms with Crippen molar-refractivity contribution in [3.63, 3.8) is 0 Å². The van der Waals surface area contributed by atoms with Gasteiger partial charge in [-0.3, -0.25) is 4.90 Å². The number of piperidine rings is 1. The Labute approximate surface area is 113 Å². The van der Waals surface area contributed by atoms with Gasteiger partial charge < -0.3 is 10.5 Å². The Kier molecular flexibility index (Phi) is 7.87. The second kappa shape index (κ2) is 8.89. The summed E-state index contributed by atoms with van der Waals surface area (Å²) in [4.78, 5) is 2.61. The standard InChI is InChI=1S/C15H32N2O/c1-4-5-6-7-8-14(12-16)17-10-9-15(18-3)11-13(17)2/h13-15H,4-12,16H2,1-3H3. The van der Waals surface area contributed by atoms with Crippen LogP contribution in [0.25, 0.3) is 0 Å². The number of hydrogen-bond acceptors (Lipinski definition) is 3. The smallest absolute Gasteiger partial charge is 0.0598 e. The van der Waals surface area contributed by atoms with Gasteiger partial charge in [0.15, 0.2) is 0 Å². The number of nitrogens with two attached hydrogens (primary N) is 1. The van der Waals surface area contributed by atoms with E-state index in [4.69, 9.17) is 10.5 Å². The van der Waals surface area contributed by atoms with Crippen molar-refractivity contribution in [3.05, 3.63) is 0 Å². The van der Waals surface area contributed by atoms with E-state index in [-0.39, 0.29) is 0 Å². The van der Waals surface area contributed by atoms with Gasteiger partial charge in [0.1, 0.15) is 0 Å². The van der Waals surface area contributed by atoms with Crippen LogP contribution in [0.15, 0.2) is 0 Å². The molecule has 3 unspecified atom stereocenters. The van der Waals surface area contributed by atoms with Gasteiger partial charge >= 0.3 is 0 Å². The van der Waals surface area contributed by atoms with Crippen LogP contribution in [-0.2, 0) is 4.74 Å². The van der Waals surface area contributed by atoms with Gasteiger partial charge in [-0.15, -0.1) is 0 Å². The molecule has 0 aliphatic carbocycles. The molecular weight excluding hydrogens is 224 g/mol. The molecule has 0 amide bonds. The third kappa shape index (κ3) is 4.87. The molecule has 108 valence electrons. The van der Waals surface area contributed by atoms with E-state index in [9.17, 15) is 0 Å². The van der Waals surface area contributed by atoms with Crippen LogP contribution in [0.1, 0.15) is 58.8 Å². The Hall–Kier alpha value is -0.120. The second-order valence-corrected chi connectivity index (χ2v) is 5.71. The summed E-state index contributed by atoms with van der Waals surface area (Å²) >= 11 is 0. The quantitative estimate of drug-likeness (QED) is 0.679. The number of unbranched alkanes of at least 4 members (excludes halogenated alkanes) is 3. The van der Waals surface area contributed by atoms with E-state index in [0.717, 1.165) is 25.9 Å². The molecule has 1 fully saturated rings. The lowest BCUT2D eigenvalue weighted by atomic mass is 9.96. The lowest BCUT2D eigenvalue weighted by Gasteiger charge is -2.41. The van der Waals surface area contributed by atoms with Crippen molar-refractivity contribution in [2.75, 3.05) is 20.2 Å². The van der Waals surface area contributed by atoms with Crippen LogP contribution < -0.4 is 5.73 Å². The molecule has 0 saturated carbocycles. The largest absolute Gasteiger partial charge is 0.381 e. The number of hydrogen-bond donors (Lipinski definition) is 1. The lowest BCUT2D eigenvalue weighted by Crippen LogP contribution is -2.51. The maximum atomic E-state index is 5.97. The molecule has 18 heavy (non-hydrogen) atoms. The SMILES string of the molecule is CCCCCCC(CN)N1CCC(OC)CC1C. The van der Waals surface area contributed by atoms with Gasteiger partial charge in [-0.25, -0.2) is 0 Å². The zero-order chi connectivity index (χ0) is 13.4. The van der Waals surface area contributed by atoms with Gasteiger partial charge in [-0.05, 0) is 26.2 Å². The Bertz CT molecular complexity index is 211. The fraction of sp³-hybridized carbons (Fsp3) is 1.00. The summed E-state index contributed by atoms with van der Waals surface area (Å²) in [5.41, 5.74) is 5.97. The topological polar surface area (TPSA) is 38.5 Å². The van der Waals surface area contributed by atoms with Crippen molar-refractivity contribution in [3.8, 4) is 0 Å². The van der Waals surface area contributed by atoms with Crippen LogP contribution in [0.2, 0.25) is 0 Å². The Morgan fingerprint density at radius 2 is 2.11 bits per heavy atom. The fourth-order valence-corrected chi connectivity index (χ4v) is 3.13. The Morgan fingerprint density at radius 1 is 1.33 bits per heavy atom. The number of ether oxygens (including phenoxy) is 1. The third-order valence-electron chi connectivity index (χ3n) is 4.34. The fourth-order valence-electron chi connectivity index (χ4n) is 3.13. The third-order valence-corrected chi connectivity index (χ3v) is 4.34. The summed E-state index contributed by atoms with van der Waals surface area (Å²) in [6, 6.07) is 1.19. The first-order valence-corrected chi connectivity index (χ1v) is 7.71. The number of methoxy groups -OCH3 is 1. The molecule has 0 radical (unpaired) electrons. The minimum Gasteiger partial charge on any atom is -0.381 e. The highest BCUT2D eigenvalue weighted by Crippen LogP contribution is 2.23. The highest BCUT2D eigenvalue weighted by molar-refractivity contribution is 4.84.